The molecule has 5 nitrogen and oxygen atoms in total. The van der Waals surface area contributed by atoms with Crippen LogP contribution in [-0.4, -0.2) is 73.9 Å². The van der Waals surface area contributed by atoms with Gasteiger partial charge in [-0.15, -0.1) is 0 Å². The summed E-state index contributed by atoms with van der Waals surface area (Å²) in [5.41, 5.74) is 0.442. The van der Waals surface area contributed by atoms with Crippen LogP contribution in [0.1, 0.15) is 48.4 Å². The first kappa shape index (κ1) is 20.4. The van der Waals surface area contributed by atoms with Crippen molar-refractivity contribution in [1.29, 1.82) is 0 Å². The second-order valence-electron chi connectivity index (χ2n) is 7.33. The highest BCUT2D eigenvalue weighted by Crippen LogP contribution is 2.32. The summed E-state index contributed by atoms with van der Waals surface area (Å²) in [6.07, 6.45) is 0. The number of carbonyl (C=O) groups excluding carboxylic acids is 2. The molecular weight excluding hydrogens is 380 g/mol. The zero-order valence-corrected chi connectivity index (χ0v) is 18.0. The summed E-state index contributed by atoms with van der Waals surface area (Å²) in [6, 6.07) is 5.11. The van der Waals surface area contributed by atoms with Crippen LogP contribution in [0.4, 0.5) is 0 Å². The van der Waals surface area contributed by atoms with Gasteiger partial charge in [-0.1, -0.05) is 19.9 Å². The Kier molecular flexibility index (Phi) is 6.31. The fourth-order valence-corrected chi connectivity index (χ4v) is 5.84. The van der Waals surface area contributed by atoms with Gasteiger partial charge < -0.3 is 14.9 Å². The Morgan fingerprint density at radius 1 is 0.889 bits per heavy atom. The van der Waals surface area contributed by atoms with Crippen molar-refractivity contribution in [2.45, 2.75) is 50.3 Å². The zero-order chi connectivity index (χ0) is 19.7. The molecule has 4 unspecified atom stereocenters. The smallest absolute Gasteiger partial charge is 0.257 e. The fraction of sp³-hybridized carbons (Fsp3) is 0.600. The molecule has 2 fully saturated rings. The van der Waals surface area contributed by atoms with E-state index in [1.165, 1.54) is 0 Å². The molecular formula is C20H28N2O3S2. The summed E-state index contributed by atoms with van der Waals surface area (Å²) < 4.78 is 0. The number of phenolic OH excluding ortho intramolecular Hbond substituents is 1. The van der Waals surface area contributed by atoms with E-state index in [4.69, 9.17) is 0 Å². The Bertz CT molecular complexity index is 671. The van der Waals surface area contributed by atoms with Crippen molar-refractivity contribution in [3.63, 3.8) is 0 Å². The molecule has 2 saturated heterocycles. The Hall–Kier alpha value is -1.34. The highest BCUT2D eigenvalue weighted by Gasteiger charge is 2.34. The number of benzene rings is 1. The Balaban J connectivity index is 1.87. The van der Waals surface area contributed by atoms with Gasteiger partial charge in [0.15, 0.2) is 0 Å². The van der Waals surface area contributed by atoms with E-state index >= 15 is 0 Å². The third-order valence-corrected chi connectivity index (χ3v) is 8.46. The molecule has 0 aromatic heterocycles. The van der Waals surface area contributed by atoms with Crippen LogP contribution in [0.15, 0.2) is 18.2 Å². The van der Waals surface area contributed by atoms with Crippen molar-refractivity contribution in [1.82, 2.24) is 9.80 Å². The van der Waals surface area contributed by atoms with Gasteiger partial charge in [0.2, 0.25) is 0 Å². The van der Waals surface area contributed by atoms with Gasteiger partial charge in [-0.05, 0) is 26.0 Å². The van der Waals surface area contributed by atoms with Gasteiger partial charge in [0.05, 0.1) is 11.1 Å². The molecule has 0 saturated carbocycles. The Morgan fingerprint density at radius 2 is 1.30 bits per heavy atom. The maximum absolute atomic E-state index is 13.1. The highest BCUT2D eigenvalue weighted by atomic mass is 32.2. The minimum Gasteiger partial charge on any atom is -0.506 e. The van der Waals surface area contributed by atoms with Crippen LogP contribution >= 0.6 is 23.5 Å². The summed E-state index contributed by atoms with van der Waals surface area (Å²) >= 11 is 3.71. The van der Waals surface area contributed by atoms with Crippen LogP contribution in [0, 0.1) is 0 Å². The van der Waals surface area contributed by atoms with Crippen LogP contribution < -0.4 is 0 Å². The summed E-state index contributed by atoms with van der Waals surface area (Å²) in [4.78, 5) is 29.8. The molecule has 0 radical (unpaired) electrons. The van der Waals surface area contributed by atoms with Crippen LogP contribution in [-0.2, 0) is 0 Å². The van der Waals surface area contributed by atoms with E-state index in [0.29, 0.717) is 23.6 Å². The van der Waals surface area contributed by atoms with E-state index < -0.39 is 0 Å². The van der Waals surface area contributed by atoms with Gasteiger partial charge in [0.25, 0.3) is 11.8 Å². The van der Waals surface area contributed by atoms with Crippen molar-refractivity contribution in [3.8, 4) is 5.75 Å². The van der Waals surface area contributed by atoms with Crippen LogP contribution in [0.25, 0.3) is 0 Å². The van der Waals surface area contributed by atoms with Crippen LogP contribution in [0.3, 0.4) is 0 Å². The van der Waals surface area contributed by atoms with Crippen molar-refractivity contribution in [2.24, 2.45) is 0 Å². The van der Waals surface area contributed by atoms with E-state index in [9.17, 15) is 14.7 Å². The van der Waals surface area contributed by atoms with Gasteiger partial charge in [0.1, 0.15) is 5.75 Å². The van der Waals surface area contributed by atoms with Crippen LogP contribution in [0.5, 0.6) is 5.75 Å². The lowest BCUT2D eigenvalue weighted by molar-refractivity contribution is 0.0690. The number of phenols is 1. The summed E-state index contributed by atoms with van der Waals surface area (Å²) in [5.74, 6) is 1.19. The van der Waals surface area contributed by atoms with Crippen LogP contribution in [0.2, 0.25) is 0 Å². The predicted molar refractivity (Wildman–Crippen MR) is 113 cm³/mol. The molecule has 2 aliphatic heterocycles. The maximum Gasteiger partial charge on any atom is 0.257 e. The molecule has 2 heterocycles. The minimum absolute atomic E-state index is 0.0926. The van der Waals surface area contributed by atoms with E-state index in [0.717, 1.165) is 11.5 Å². The van der Waals surface area contributed by atoms with Gasteiger partial charge in [0, 0.05) is 47.2 Å². The fourth-order valence-electron chi connectivity index (χ4n) is 3.64. The third kappa shape index (κ3) is 3.94. The van der Waals surface area contributed by atoms with E-state index in [1.54, 1.807) is 18.2 Å². The van der Waals surface area contributed by atoms with Crippen molar-refractivity contribution in [2.75, 3.05) is 24.6 Å². The molecule has 148 valence electrons. The van der Waals surface area contributed by atoms with E-state index in [-0.39, 0.29) is 40.8 Å². The molecule has 27 heavy (non-hydrogen) atoms. The van der Waals surface area contributed by atoms with Crippen molar-refractivity contribution < 1.29 is 14.7 Å². The van der Waals surface area contributed by atoms with Gasteiger partial charge in [-0.2, -0.15) is 23.5 Å². The quantitative estimate of drug-likeness (QED) is 0.813. The van der Waals surface area contributed by atoms with Crippen molar-refractivity contribution >= 4 is 35.3 Å². The maximum atomic E-state index is 13.1. The number of carbonyl (C=O) groups is 2. The van der Waals surface area contributed by atoms with Crippen molar-refractivity contribution in [3.05, 3.63) is 29.3 Å². The minimum atomic E-state index is -0.197. The van der Waals surface area contributed by atoms with Gasteiger partial charge >= 0.3 is 0 Å². The first-order chi connectivity index (χ1) is 12.8. The molecule has 2 amide bonds. The summed E-state index contributed by atoms with van der Waals surface area (Å²) in [5, 5.41) is 11.5. The molecule has 0 bridgehead atoms. The average molecular weight is 409 g/mol. The first-order valence-corrected chi connectivity index (χ1v) is 11.6. The van der Waals surface area contributed by atoms with E-state index in [1.807, 2.05) is 47.2 Å². The monoisotopic (exact) mass is 408 g/mol. The molecule has 0 spiro atoms. The number of nitrogens with zero attached hydrogens (tertiary/aromatic N) is 2. The number of hydrogen-bond acceptors (Lipinski definition) is 5. The zero-order valence-electron chi connectivity index (χ0n) is 16.3. The topological polar surface area (TPSA) is 60.9 Å². The number of para-hydroxylation sites is 1. The molecule has 1 aromatic carbocycles. The molecule has 0 aliphatic carbocycles. The largest absolute Gasteiger partial charge is 0.506 e. The average Bonchev–Trinajstić information content (AvgIpc) is 2.65. The van der Waals surface area contributed by atoms with E-state index in [2.05, 4.69) is 13.8 Å². The lowest BCUT2D eigenvalue weighted by Gasteiger charge is -2.38. The Labute approximate surface area is 169 Å². The molecule has 1 N–H and O–H groups in total. The second kappa shape index (κ2) is 8.35. The lowest BCUT2D eigenvalue weighted by Crippen LogP contribution is -2.48. The first-order valence-electron chi connectivity index (χ1n) is 9.50. The summed E-state index contributed by atoms with van der Waals surface area (Å²) in [6.45, 7) is 9.62. The lowest BCUT2D eigenvalue weighted by atomic mass is 10.0. The third-order valence-electron chi connectivity index (χ3n) is 5.79. The number of aromatic hydroxyl groups is 1. The number of thioether (sulfide) groups is 2. The normalized spacial score (nSPS) is 28.9. The highest BCUT2D eigenvalue weighted by molar-refractivity contribution is 8.00. The predicted octanol–water partition coefficient (Wildman–Crippen LogP) is 3.32. The molecule has 4 atom stereocenters. The van der Waals surface area contributed by atoms with Gasteiger partial charge in [-0.3, -0.25) is 9.59 Å². The summed E-state index contributed by atoms with van der Waals surface area (Å²) in [7, 11) is 0. The number of rotatable bonds is 2. The van der Waals surface area contributed by atoms with Gasteiger partial charge in [-0.25, -0.2) is 0 Å². The molecule has 2 aliphatic rings. The second-order valence-corrected chi connectivity index (χ2v) is 10.3. The Morgan fingerprint density at radius 3 is 1.70 bits per heavy atom. The number of hydrogen-bond donors (Lipinski definition) is 1. The SMILES string of the molecule is CC1SCCN(C(=O)c2cccc(C(=O)N3CCSC(C)C3C)c2O)C1C. The molecule has 1 aromatic rings. The molecule has 3 rings (SSSR count). The molecule has 7 heteroatoms. The standard InChI is InChI=1S/C20H28N2O3S2/c1-12-14(3)26-10-8-21(12)19(24)16-6-5-7-17(18(16)23)20(25)22-9-11-27-15(4)13(22)2/h5-7,12-15,23H,8-11H2,1-4H3. The number of amides is 2.